The normalized spacial score (nSPS) is 25.1. The summed E-state index contributed by atoms with van der Waals surface area (Å²) < 4.78 is 59.8. The number of hydrogen-bond acceptors (Lipinski definition) is 9. The molecule has 3 aliphatic rings. The second-order valence-electron chi connectivity index (χ2n) is 9.80. The van der Waals surface area contributed by atoms with Gasteiger partial charge in [0.2, 0.25) is 0 Å². The molecule has 0 aromatic carbocycles. The number of hydrogen-bond donors (Lipinski definition) is 3. The Balaban J connectivity index is 1.64. The van der Waals surface area contributed by atoms with Gasteiger partial charge in [0.05, 0.1) is 17.1 Å². The van der Waals surface area contributed by atoms with Crippen molar-refractivity contribution in [3.8, 4) is 0 Å². The number of aliphatic imine (C=N–C) groups is 1. The fourth-order valence-electron chi connectivity index (χ4n) is 3.78. The van der Waals surface area contributed by atoms with Crippen molar-refractivity contribution in [2.75, 3.05) is 12.8 Å². The van der Waals surface area contributed by atoms with Gasteiger partial charge in [0.1, 0.15) is 23.3 Å². The summed E-state index contributed by atoms with van der Waals surface area (Å²) in [6.45, 7) is 7.81. The van der Waals surface area contributed by atoms with Crippen LogP contribution >= 0.6 is 11.8 Å². The van der Waals surface area contributed by atoms with E-state index in [0.29, 0.717) is 5.76 Å². The first kappa shape index (κ1) is 25.1. The molecule has 3 N–H and O–H groups in total. The number of aliphatic hydroxyl groups is 1. The maximum atomic E-state index is 12.9. The lowest BCUT2D eigenvalue weighted by Gasteiger charge is -2.31. The van der Waals surface area contributed by atoms with E-state index < -0.39 is 26.1 Å². The van der Waals surface area contributed by atoms with Crippen LogP contribution in [0.15, 0.2) is 42.6 Å². The molecule has 34 heavy (non-hydrogen) atoms. The van der Waals surface area contributed by atoms with Gasteiger partial charge in [-0.1, -0.05) is 20.8 Å². The van der Waals surface area contributed by atoms with Crippen LogP contribution in [-0.2, 0) is 20.0 Å². The summed E-state index contributed by atoms with van der Waals surface area (Å²) in [6.07, 6.45) is 1.60. The van der Waals surface area contributed by atoms with Crippen molar-refractivity contribution >= 4 is 37.6 Å². The van der Waals surface area contributed by atoms with Crippen LogP contribution in [0.4, 0.5) is 0 Å². The lowest BCUT2D eigenvalue weighted by atomic mass is 9.85. The average molecular weight is 531 g/mol. The van der Waals surface area contributed by atoms with Crippen LogP contribution in [0.5, 0.6) is 0 Å². The third-order valence-corrected chi connectivity index (χ3v) is 10.5. The van der Waals surface area contributed by atoms with Crippen molar-refractivity contribution in [3.63, 3.8) is 0 Å². The molecule has 1 fully saturated rings. The first-order valence-corrected chi connectivity index (χ1v) is 14.9. The average Bonchev–Trinajstić information content (AvgIpc) is 3.27. The lowest BCUT2D eigenvalue weighted by molar-refractivity contribution is 0.251. The number of thioether (sulfide) groups is 1. The van der Waals surface area contributed by atoms with Gasteiger partial charge in [-0.05, 0) is 37.3 Å². The molecule has 2 aliphatic heterocycles. The quantitative estimate of drug-likeness (QED) is 0.489. The molecule has 1 aliphatic carbocycles. The molecule has 1 saturated carbocycles. The Hall–Kier alpha value is -1.96. The maximum Gasteiger partial charge on any atom is 0.258 e. The zero-order valence-electron chi connectivity index (χ0n) is 19.7. The monoisotopic (exact) mass is 530 g/mol. The minimum absolute atomic E-state index is 0.0175. The molecule has 0 bridgehead atoms. The summed E-state index contributed by atoms with van der Waals surface area (Å²) in [4.78, 5) is 4.40. The van der Waals surface area contributed by atoms with E-state index in [2.05, 4.69) is 15.0 Å². The van der Waals surface area contributed by atoms with Crippen molar-refractivity contribution in [2.45, 2.75) is 58.7 Å². The second-order valence-corrected chi connectivity index (χ2v) is 14.6. The lowest BCUT2D eigenvalue weighted by Crippen LogP contribution is -2.36. The Bertz CT molecular complexity index is 1280. The summed E-state index contributed by atoms with van der Waals surface area (Å²) in [6, 6.07) is 2.35. The molecular formula is C21H30N4O6S3. The molecule has 0 radical (unpaired) electrons. The summed E-state index contributed by atoms with van der Waals surface area (Å²) >= 11 is 1.00. The highest BCUT2D eigenvalue weighted by atomic mass is 32.3. The van der Waals surface area contributed by atoms with Gasteiger partial charge in [-0.2, -0.15) is 4.31 Å². The zero-order valence-corrected chi connectivity index (χ0v) is 22.1. The highest BCUT2D eigenvalue weighted by molar-refractivity contribution is 8.18. The standard InChI is InChI=1S/C21H30N4O6S3/c1-12-6-9-16(31-12)18(21(2,3)4)22-15-11-33(27,28)24-19(15)23-14-10-32-20(17(14)26)34(29,30)25(5)13-7-8-13/h6,9,11,13-14,18,22,26H,7-8,10H2,1-5H3,(H,23,24)/t14?,18-/m0/s1. The van der Waals surface area contributed by atoms with E-state index in [1.165, 1.54) is 11.4 Å². The van der Waals surface area contributed by atoms with Crippen LogP contribution in [0.3, 0.4) is 0 Å². The van der Waals surface area contributed by atoms with Crippen molar-refractivity contribution in [3.05, 3.63) is 44.8 Å². The van der Waals surface area contributed by atoms with Gasteiger partial charge in [0.25, 0.3) is 20.0 Å². The van der Waals surface area contributed by atoms with Gasteiger partial charge in [0, 0.05) is 18.8 Å². The molecule has 3 heterocycles. The summed E-state index contributed by atoms with van der Waals surface area (Å²) in [5, 5.41) is 15.0. The first-order valence-electron chi connectivity index (χ1n) is 10.9. The molecule has 10 nitrogen and oxygen atoms in total. The van der Waals surface area contributed by atoms with Gasteiger partial charge in [-0.25, -0.2) is 16.8 Å². The summed E-state index contributed by atoms with van der Waals surface area (Å²) in [5.41, 5.74) is -0.124. The van der Waals surface area contributed by atoms with E-state index in [-0.39, 0.29) is 44.8 Å². The molecule has 4 rings (SSSR count). The van der Waals surface area contributed by atoms with Crippen LogP contribution in [-0.4, -0.2) is 57.0 Å². The number of sulfonamides is 2. The smallest absolute Gasteiger partial charge is 0.258 e. The molecule has 0 saturated heterocycles. The highest BCUT2D eigenvalue weighted by Crippen LogP contribution is 2.41. The van der Waals surface area contributed by atoms with Gasteiger partial charge in [0.15, 0.2) is 10.1 Å². The Morgan fingerprint density at radius 1 is 1.32 bits per heavy atom. The van der Waals surface area contributed by atoms with Crippen molar-refractivity contribution in [1.29, 1.82) is 0 Å². The second kappa shape index (κ2) is 8.61. The van der Waals surface area contributed by atoms with E-state index in [4.69, 9.17) is 4.42 Å². The molecule has 188 valence electrons. The SMILES string of the molecule is Cc1ccc([C@H](NC2=CS(=O)(=O)NC2=NC2CSC(S(=O)(=O)N(C)C3CC3)=C2O)C(C)(C)C)o1. The predicted molar refractivity (Wildman–Crippen MR) is 132 cm³/mol. The fraction of sp³-hybridized carbons (Fsp3) is 0.571. The van der Waals surface area contributed by atoms with Crippen molar-refractivity contribution < 1.29 is 26.4 Å². The van der Waals surface area contributed by atoms with Gasteiger partial charge < -0.3 is 14.8 Å². The van der Waals surface area contributed by atoms with E-state index in [1.807, 2.05) is 39.8 Å². The molecule has 1 unspecified atom stereocenters. The maximum absolute atomic E-state index is 12.9. The molecule has 0 spiro atoms. The van der Waals surface area contributed by atoms with Crippen LogP contribution < -0.4 is 10.0 Å². The number of amidine groups is 1. The van der Waals surface area contributed by atoms with Crippen LogP contribution in [0.2, 0.25) is 0 Å². The van der Waals surface area contributed by atoms with Crippen molar-refractivity contribution in [2.24, 2.45) is 10.4 Å². The van der Waals surface area contributed by atoms with E-state index in [0.717, 1.165) is 35.8 Å². The highest BCUT2D eigenvalue weighted by Gasteiger charge is 2.42. The first-order chi connectivity index (χ1) is 15.7. The van der Waals surface area contributed by atoms with E-state index in [1.54, 1.807) is 0 Å². The number of aryl methyl sites for hydroxylation is 1. The fourth-order valence-corrected chi connectivity index (χ4v) is 8.00. The Kier molecular flexibility index (Phi) is 6.37. The largest absolute Gasteiger partial charge is 0.508 e. The van der Waals surface area contributed by atoms with Gasteiger partial charge in [-0.15, -0.1) is 11.8 Å². The molecule has 1 aromatic heterocycles. The van der Waals surface area contributed by atoms with Crippen LogP contribution in [0.1, 0.15) is 51.2 Å². The van der Waals surface area contributed by atoms with Crippen LogP contribution in [0, 0.1) is 12.3 Å². The summed E-state index contributed by atoms with van der Waals surface area (Å²) in [5.74, 6) is 1.20. The number of rotatable bonds is 7. The Labute approximate surface area is 204 Å². The third kappa shape index (κ3) is 5.02. The molecule has 0 amide bonds. The number of nitrogens with zero attached hydrogens (tertiary/aromatic N) is 2. The predicted octanol–water partition coefficient (Wildman–Crippen LogP) is 2.70. The van der Waals surface area contributed by atoms with Crippen molar-refractivity contribution in [1.82, 2.24) is 14.3 Å². The van der Waals surface area contributed by atoms with Gasteiger partial charge in [-0.3, -0.25) is 9.71 Å². The van der Waals surface area contributed by atoms with E-state index >= 15 is 0 Å². The number of aliphatic hydroxyl groups excluding tert-OH is 1. The molecular weight excluding hydrogens is 500 g/mol. The summed E-state index contributed by atoms with van der Waals surface area (Å²) in [7, 11) is -6.12. The minimum Gasteiger partial charge on any atom is -0.508 e. The number of nitrogens with one attached hydrogen (secondary N) is 2. The Morgan fingerprint density at radius 3 is 2.56 bits per heavy atom. The van der Waals surface area contributed by atoms with E-state index in [9.17, 15) is 21.9 Å². The third-order valence-electron chi connectivity index (χ3n) is 5.84. The Morgan fingerprint density at radius 2 is 2.00 bits per heavy atom. The van der Waals surface area contributed by atoms with Gasteiger partial charge >= 0.3 is 0 Å². The number of furan rings is 1. The van der Waals surface area contributed by atoms with Crippen LogP contribution in [0.25, 0.3) is 0 Å². The molecule has 13 heteroatoms. The molecule has 2 atom stereocenters. The zero-order chi connectivity index (χ0) is 25.1. The minimum atomic E-state index is -3.82. The molecule has 1 aromatic rings. The topological polar surface area (TPSA) is 141 Å².